The Balaban J connectivity index is 2.47. The van der Waals surface area contributed by atoms with Crippen LogP contribution in [0.3, 0.4) is 0 Å². The summed E-state index contributed by atoms with van der Waals surface area (Å²) in [6, 6.07) is 1.08. The highest BCUT2D eigenvalue weighted by Gasteiger charge is 2.40. The fraction of sp³-hybridized carbons (Fsp3) is 0.947. The Hall–Kier alpha value is -0.136. The molecular weight excluding hydrogens is 332 g/mol. The number of carbonyl (C=O) groups excluding carboxylic acids is 1. The summed E-state index contributed by atoms with van der Waals surface area (Å²) in [5.74, 6) is 0.159. The summed E-state index contributed by atoms with van der Waals surface area (Å²) in [7, 11) is -3.53. The van der Waals surface area contributed by atoms with Crippen LogP contribution in [0, 0.1) is 5.92 Å². The van der Waals surface area contributed by atoms with Crippen LogP contribution in [0.4, 0.5) is 0 Å². The summed E-state index contributed by atoms with van der Waals surface area (Å²) in [6.07, 6.45) is 6.53. The Morgan fingerprint density at radius 2 is 1.58 bits per heavy atom. The van der Waals surface area contributed by atoms with Crippen molar-refractivity contribution in [1.29, 1.82) is 0 Å². The minimum atomic E-state index is -1.83. The molecule has 142 valence electrons. The first kappa shape index (κ1) is 21.9. The molecule has 0 atom stereocenters. The third-order valence-corrected chi connectivity index (χ3v) is 12.6. The summed E-state index contributed by atoms with van der Waals surface area (Å²) < 4.78 is 12.5. The zero-order valence-electron chi connectivity index (χ0n) is 17.3. The highest BCUT2D eigenvalue weighted by atomic mass is 28.4. The second-order valence-corrected chi connectivity index (χ2v) is 18.6. The van der Waals surface area contributed by atoms with Crippen LogP contribution in [0.1, 0.15) is 66.2 Å². The minimum Gasteiger partial charge on any atom is -0.519 e. The van der Waals surface area contributed by atoms with E-state index in [1.54, 1.807) is 0 Å². The number of rotatable bonds is 7. The highest BCUT2D eigenvalue weighted by molar-refractivity contribution is 6.74. The maximum atomic E-state index is 12.5. The lowest BCUT2D eigenvalue weighted by Gasteiger charge is -2.41. The van der Waals surface area contributed by atoms with Gasteiger partial charge >= 0.3 is 0 Å². The molecule has 0 aromatic heterocycles. The van der Waals surface area contributed by atoms with Crippen LogP contribution in [0.25, 0.3) is 0 Å². The van der Waals surface area contributed by atoms with Crippen molar-refractivity contribution in [2.75, 3.05) is 0 Å². The van der Waals surface area contributed by atoms with E-state index in [0.717, 1.165) is 31.7 Å². The van der Waals surface area contributed by atoms with Gasteiger partial charge in [0.1, 0.15) is 0 Å². The van der Waals surface area contributed by atoms with E-state index in [0.29, 0.717) is 6.10 Å². The predicted octanol–water partition coefficient (Wildman–Crippen LogP) is 6.12. The van der Waals surface area contributed by atoms with Gasteiger partial charge in [-0.15, -0.1) is 0 Å². The van der Waals surface area contributed by atoms with Gasteiger partial charge < -0.3 is 8.85 Å². The molecule has 0 unspecified atom stereocenters. The molecule has 5 heteroatoms. The maximum absolute atomic E-state index is 12.5. The SMILES string of the molecule is CCCC[Si](C)(C)OC(=O)C1CCC(O[Si](C)(C)C(C)(C)C)CC1. The van der Waals surface area contributed by atoms with Gasteiger partial charge in [0.25, 0.3) is 5.97 Å². The second-order valence-electron chi connectivity index (χ2n) is 9.64. The topological polar surface area (TPSA) is 35.5 Å². The first-order valence-corrected chi connectivity index (χ1v) is 15.8. The van der Waals surface area contributed by atoms with E-state index in [9.17, 15) is 4.79 Å². The molecular formula is C19H40O3Si2. The molecule has 0 radical (unpaired) electrons. The molecule has 1 saturated carbocycles. The molecule has 0 bridgehead atoms. The molecule has 0 N–H and O–H groups in total. The first-order valence-electron chi connectivity index (χ1n) is 9.78. The van der Waals surface area contributed by atoms with Crippen molar-refractivity contribution in [1.82, 2.24) is 0 Å². The van der Waals surface area contributed by atoms with Crippen molar-refractivity contribution < 1.29 is 13.6 Å². The molecule has 24 heavy (non-hydrogen) atoms. The van der Waals surface area contributed by atoms with Crippen LogP contribution >= 0.6 is 0 Å². The molecule has 0 heterocycles. The molecule has 0 aromatic carbocycles. The Morgan fingerprint density at radius 3 is 2.04 bits per heavy atom. The Labute approximate surface area is 152 Å². The molecule has 1 aliphatic carbocycles. The summed E-state index contributed by atoms with van der Waals surface area (Å²) in [4.78, 5) is 12.5. The van der Waals surface area contributed by atoms with Crippen LogP contribution in [0.5, 0.6) is 0 Å². The molecule has 3 nitrogen and oxygen atoms in total. The monoisotopic (exact) mass is 372 g/mol. The lowest BCUT2D eigenvalue weighted by atomic mass is 9.88. The third-order valence-electron chi connectivity index (χ3n) is 5.78. The van der Waals surface area contributed by atoms with Crippen LogP contribution < -0.4 is 0 Å². The quantitative estimate of drug-likeness (QED) is 0.505. The van der Waals surface area contributed by atoms with Gasteiger partial charge in [0, 0.05) is 6.10 Å². The smallest absolute Gasteiger partial charge is 0.295 e. The highest BCUT2D eigenvalue weighted by Crippen LogP contribution is 2.39. The number of carbonyl (C=O) groups is 1. The van der Waals surface area contributed by atoms with Crippen molar-refractivity contribution in [3.8, 4) is 0 Å². The van der Waals surface area contributed by atoms with Gasteiger partial charge in [-0.25, -0.2) is 0 Å². The Kier molecular flexibility index (Phi) is 7.76. The molecule has 0 aliphatic heterocycles. The zero-order valence-corrected chi connectivity index (χ0v) is 19.3. The van der Waals surface area contributed by atoms with Crippen LogP contribution in [0.2, 0.25) is 37.3 Å². The molecule has 1 aliphatic rings. The average Bonchev–Trinajstić information content (AvgIpc) is 2.44. The van der Waals surface area contributed by atoms with E-state index < -0.39 is 16.6 Å². The van der Waals surface area contributed by atoms with E-state index in [1.807, 2.05) is 0 Å². The Morgan fingerprint density at radius 1 is 1.04 bits per heavy atom. The molecule has 0 saturated heterocycles. The van der Waals surface area contributed by atoms with Gasteiger partial charge in [0.2, 0.25) is 8.32 Å². The number of unbranched alkanes of at least 4 members (excludes halogenated alkanes) is 1. The molecule has 0 spiro atoms. The van der Waals surface area contributed by atoms with Crippen molar-refractivity contribution in [3.05, 3.63) is 0 Å². The van der Waals surface area contributed by atoms with Gasteiger partial charge in [0.15, 0.2) is 8.32 Å². The van der Waals surface area contributed by atoms with Crippen molar-refractivity contribution >= 4 is 22.6 Å². The normalized spacial score (nSPS) is 23.2. The fourth-order valence-electron chi connectivity index (χ4n) is 3.02. The molecule has 1 rings (SSSR count). The van der Waals surface area contributed by atoms with Crippen molar-refractivity contribution in [2.24, 2.45) is 5.92 Å². The lowest BCUT2D eigenvalue weighted by Crippen LogP contribution is -2.45. The van der Waals surface area contributed by atoms with Crippen LogP contribution in [-0.4, -0.2) is 28.7 Å². The second kappa shape index (κ2) is 8.50. The lowest BCUT2D eigenvalue weighted by molar-refractivity contribution is -0.141. The fourth-order valence-corrected chi connectivity index (χ4v) is 6.46. The third kappa shape index (κ3) is 6.64. The van der Waals surface area contributed by atoms with Gasteiger partial charge in [-0.2, -0.15) is 0 Å². The van der Waals surface area contributed by atoms with E-state index in [4.69, 9.17) is 8.85 Å². The van der Waals surface area contributed by atoms with E-state index in [2.05, 4.69) is 53.9 Å². The zero-order chi connectivity index (χ0) is 18.6. The van der Waals surface area contributed by atoms with E-state index >= 15 is 0 Å². The van der Waals surface area contributed by atoms with E-state index in [-0.39, 0.29) is 16.9 Å². The van der Waals surface area contributed by atoms with Crippen molar-refractivity contribution in [3.63, 3.8) is 0 Å². The molecule has 1 fully saturated rings. The van der Waals surface area contributed by atoms with Crippen LogP contribution in [-0.2, 0) is 13.6 Å². The average molecular weight is 373 g/mol. The summed E-state index contributed by atoms with van der Waals surface area (Å²) in [5, 5.41) is 0.248. The minimum absolute atomic E-state index is 0.0635. The van der Waals surface area contributed by atoms with Crippen LogP contribution in [0.15, 0.2) is 0 Å². The van der Waals surface area contributed by atoms with Gasteiger partial charge in [0.05, 0.1) is 5.92 Å². The predicted molar refractivity (Wildman–Crippen MR) is 107 cm³/mol. The van der Waals surface area contributed by atoms with Crippen molar-refractivity contribution in [2.45, 2.75) is 110 Å². The first-order chi connectivity index (χ1) is 10.9. The Bertz CT molecular complexity index is 405. The van der Waals surface area contributed by atoms with E-state index in [1.165, 1.54) is 12.8 Å². The van der Waals surface area contributed by atoms with Gasteiger partial charge in [-0.3, -0.25) is 4.79 Å². The summed E-state index contributed by atoms with van der Waals surface area (Å²) in [5.41, 5.74) is 0. The largest absolute Gasteiger partial charge is 0.519 e. The molecule has 0 aromatic rings. The van der Waals surface area contributed by atoms with Gasteiger partial charge in [-0.1, -0.05) is 40.5 Å². The number of hydrogen-bond acceptors (Lipinski definition) is 3. The standard InChI is InChI=1S/C19H40O3Si2/c1-9-10-15-23(5,6)22-18(20)16-11-13-17(14-12-16)21-24(7,8)19(2,3)4/h16-17H,9-15H2,1-8H3. The summed E-state index contributed by atoms with van der Waals surface area (Å²) >= 11 is 0. The molecule has 0 amide bonds. The maximum Gasteiger partial charge on any atom is 0.295 e. The summed E-state index contributed by atoms with van der Waals surface area (Å²) in [6.45, 7) is 18.0. The van der Waals surface area contributed by atoms with Gasteiger partial charge in [-0.05, 0) is 63.0 Å². The number of hydrogen-bond donors (Lipinski definition) is 0.